The molecule has 104 valence electrons. The van der Waals surface area contributed by atoms with E-state index in [2.05, 4.69) is 11.8 Å². The van der Waals surface area contributed by atoms with Crippen LogP contribution in [0.5, 0.6) is 0 Å². The molecule has 0 saturated heterocycles. The molecule has 0 N–H and O–H groups in total. The van der Waals surface area contributed by atoms with Gasteiger partial charge in [-0.25, -0.2) is 8.78 Å². The van der Waals surface area contributed by atoms with Gasteiger partial charge in [-0.1, -0.05) is 13.0 Å². The van der Waals surface area contributed by atoms with Gasteiger partial charge >= 0.3 is 0 Å². The number of rotatable bonds is 7. The van der Waals surface area contributed by atoms with Crippen molar-refractivity contribution >= 4 is 5.78 Å². The highest BCUT2D eigenvalue weighted by Crippen LogP contribution is 2.27. The Balaban J connectivity index is 1.94. The third kappa shape index (κ3) is 3.60. The van der Waals surface area contributed by atoms with E-state index in [0.717, 1.165) is 19.0 Å². The minimum atomic E-state index is -1.03. The predicted octanol–water partition coefficient (Wildman–Crippen LogP) is 3.41. The van der Waals surface area contributed by atoms with E-state index in [9.17, 15) is 13.6 Å². The molecule has 0 spiro atoms. The summed E-state index contributed by atoms with van der Waals surface area (Å²) < 4.78 is 26.5. The van der Waals surface area contributed by atoms with E-state index in [4.69, 9.17) is 0 Å². The molecule has 0 heterocycles. The van der Waals surface area contributed by atoms with Crippen LogP contribution in [0, 0.1) is 11.6 Å². The number of hydrogen-bond acceptors (Lipinski definition) is 2. The third-order valence-electron chi connectivity index (χ3n) is 3.45. The van der Waals surface area contributed by atoms with Crippen molar-refractivity contribution in [2.75, 3.05) is 13.1 Å². The second kappa shape index (κ2) is 6.24. The van der Waals surface area contributed by atoms with Crippen molar-refractivity contribution in [3.8, 4) is 0 Å². The Hall–Kier alpha value is -1.29. The smallest absolute Gasteiger partial charge is 0.169 e. The summed E-state index contributed by atoms with van der Waals surface area (Å²) in [6.07, 6.45) is 3.65. The molecule has 0 bridgehead atoms. The van der Waals surface area contributed by atoms with Crippen molar-refractivity contribution in [2.45, 2.75) is 38.6 Å². The summed E-state index contributed by atoms with van der Waals surface area (Å²) in [4.78, 5) is 14.2. The van der Waals surface area contributed by atoms with Gasteiger partial charge in [-0.15, -0.1) is 0 Å². The maximum Gasteiger partial charge on any atom is 0.169 e. The van der Waals surface area contributed by atoms with Crippen LogP contribution in [0.1, 0.15) is 43.0 Å². The molecular weight excluding hydrogens is 248 g/mol. The fourth-order valence-electron chi connectivity index (χ4n) is 2.30. The number of carbonyl (C=O) groups excluding carboxylic acids is 1. The molecule has 0 atom stereocenters. The zero-order valence-electron chi connectivity index (χ0n) is 11.2. The Morgan fingerprint density at radius 3 is 2.68 bits per heavy atom. The standard InChI is InChI=1S/C15H19F2NO/c1-2-9-18(11-6-7-11)10-8-14(19)12-4-3-5-13(16)15(12)17/h3-5,11H,2,6-10H2,1H3. The minimum Gasteiger partial charge on any atom is -0.300 e. The molecule has 1 fully saturated rings. The summed E-state index contributed by atoms with van der Waals surface area (Å²) in [6.45, 7) is 3.69. The SMILES string of the molecule is CCCN(CCC(=O)c1cccc(F)c1F)C1CC1. The normalized spacial score (nSPS) is 14.9. The summed E-state index contributed by atoms with van der Waals surface area (Å²) in [5.41, 5.74) is -0.132. The van der Waals surface area contributed by atoms with E-state index in [0.29, 0.717) is 12.6 Å². The molecule has 2 rings (SSSR count). The molecule has 1 saturated carbocycles. The van der Waals surface area contributed by atoms with Gasteiger partial charge in [-0.3, -0.25) is 9.69 Å². The Labute approximate surface area is 112 Å². The second-order valence-corrected chi connectivity index (χ2v) is 5.04. The van der Waals surface area contributed by atoms with Gasteiger partial charge in [-0.05, 0) is 37.9 Å². The van der Waals surface area contributed by atoms with Gasteiger partial charge in [0.05, 0.1) is 5.56 Å². The van der Waals surface area contributed by atoms with Crippen molar-refractivity contribution in [3.05, 3.63) is 35.4 Å². The van der Waals surface area contributed by atoms with Gasteiger partial charge in [0, 0.05) is 19.0 Å². The van der Waals surface area contributed by atoms with Crippen molar-refractivity contribution in [1.82, 2.24) is 4.90 Å². The lowest BCUT2D eigenvalue weighted by Crippen LogP contribution is -2.29. The molecule has 1 aliphatic rings. The van der Waals surface area contributed by atoms with Crippen LogP contribution in [0.2, 0.25) is 0 Å². The highest BCUT2D eigenvalue weighted by Gasteiger charge is 2.28. The van der Waals surface area contributed by atoms with Crippen LogP contribution in [-0.2, 0) is 0 Å². The van der Waals surface area contributed by atoms with E-state index in [1.54, 1.807) is 0 Å². The minimum absolute atomic E-state index is 0.132. The largest absolute Gasteiger partial charge is 0.300 e. The summed E-state index contributed by atoms with van der Waals surface area (Å²) in [5, 5.41) is 0. The number of nitrogens with zero attached hydrogens (tertiary/aromatic N) is 1. The summed E-state index contributed by atoms with van der Waals surface area (Å²) in [5.74, 6) is -2.31. The van der Waals surface area contributed by atoms with Gasteiger partial charge in [0.1, 0.15) is 0 Å². The lowest BCUT2D eigenvalue weighted by molar-refractivity contribution is 0.0957. The first kappa shape index (κ1) is 14.1. The Morgan fingerprint density at radius 2 is 2.05 bits per heavy atom. The maximum absolute atomic E-state index is 13.5. The van der Waals surface area contributed by atoms with Crippen LogP contribution in [0.3, 0.4) is 0 Å². The number of halogens is 2. The van der Waals surface area contributed by atoms with E-state index >= 15 is 0 Å². The van der Waals surface area contributed by atoms with Gasteiger partial charge in [0.25, 0.3) is 0 Å². The Kier molecular flexibility index (Phi) is 4.64. The van der Waals surface area contributed by atoms with Gasteiger partial charge in [0.15, 0.2) is 17.4 Å². The highest BCUT2D eigenvalue weighted by atomic mass is 19.2. The quantitative estimate of drug-likeness (QED) is 0.706. The topological polar surface area (TPSA) is 20.3 Å². The Bertz CT molecular complexity index is 457. The number of Topliss-reactive ketones (excluding diaryl/α,β-unsaturated/α-hetero) is 1. The molecule has 4 heteroatoms. The average molecular weight is 267 g/mol. The molecule has 1 aliphatic carbocycles. The van der Waals surface area contributed by atoms with Gasteiger partial charge in [-0.2, -0.15) is 0 Å². The highest BCUT2D eigenvalue weighted by molar-refractivity contribution is 5.96. The van der Waals surface area contributed by atoms with E-state index in [1.165, 1.54) is 25.0 Å². The molecule has 0 unspecified atom stereocenters. The maximum atomic E-state index is 13.5. The lowest BCUT2D eigenvalue weighted by atomic mass is 10.1. The van der Waals surface area contributed by atoms with E-state index in [1.807, 2.05) is 0 Å². The molecule has 19 heavy (non-hydrogen) atoms. The van der Waals surface area contributed by atoms with E-state index in [-0.39, 0.29) is 17.8 Å². The number of carbonyl (C=O) groups is 1. The average Bonchev–Trinajstić information content (AvgIpc) is 3.21. The Morgan fingerprint density at radius 1 is 1.32 bits per heavy atom. The van der Waals surface area contributed by atoms with Crippen LogP contribution in [0.25, 0.3) is 0 Å². The van der Waals surface area contributed by atoms with Crippen LogP contribution < -0.4 is 0 Å². The fourth-order valence-corrected chi connectivity index (χ4v) is 2.30. The monoisotopic (exact) mass is 267 g/mol. The number of hydrogen-bond donors (Lipinski definition) is 0. The summed E-state index contributed by atoms with van der Waals surface area (Å²) >= 11 is 0. The van der Waals surface area contributed by atoms with Crippen LogP contribution in [0.4, 0.5) is 8.78 Å². The summed E-state index contributed by atoms with van der Waals surface area (Å²) in [6, 6.07) is 4.34. The van der Waals surface area contributed by atoms with Crippen LogP contribution in [0.15, 0.2) is 18.2 Å². The first-order chi connectivity index (χ1) is 9.13. The zero-order chi connectivity index (χ0) is 13.8. The van der Waals surface area contributed by atoms with Crippen LogP contribution in [-0.4, -0.2) is 29.8 Å². The van der Waals surface area contributed by atoms with Crippen molar-refractivity contribution in [3.63, 3.8) is 0 Å². The molecule has 0 amide bonds. The van der Waals surface area contributed by atoms with Crippen molar-refractivity contribution in [2.24, 2.45) is 0 Å². The number of ketones is 1. The van der Waals surface area contributed by atoms with Gasteiger partial charge < -0.3 is 0 Å². The summed E-state index contributed by atoms with van der Waals surface area (Å²) in [7, 11) is 0. The molecule has 2 nitrogen and oxygen atoms in total. The molecule has 1 aromatic carbocycles. The van der Waals surface area contributed by atoms with Gasteiger partial charge in [0.2, 0.25) is 0 Å². The molecule has 0 radical (unpaired) electrons. The predicted molar refractivity (Wildman–Crippen MR) is 70.2 cm³/mol. The van der Waals surface area contributed by atoms with Crippen molar-refractivity contribution in [1.29, 1.82) is 0 Å². The lowest BCUT2D eigenvalue weighted by Gasteiger charge is -2.20. The van der Waals surface area contributed by atoms with E-state index < -0.39 is 11.6 Å². The molecule has 1 aromatic rings. The zero-order valence-corrected chi connectivity index (χ0v) is 11.2. The first-order valence-electron chi connectivity index (χ1n) is 6.84. The molecule has 0 aromatic heterocycles. The molecular formula is C15H19F2NO. The fraction of sp³-hybridized carbons (Fsp3) is 0.533. The number of benzene rings is 1. The third-order valence-corrected chi connectivity index (χ3v) is 3.45. The first-order valence-corrected chi connectivity index (χ1v) is 6.84. The molecule has 0 aliphatic heterocycles. The van der Waals surface area contributed by atoms with Crippen molar-refractivity contribution < 1.29 is 13.6 Å². The second-order valence-electron chi connectivity index (χ2n) is 5.04. The van der Waals surface area contributed by atoms with Crippen LogP contribution >= 0.6 is 0 Å².